The van der Waals surface area contributed by atoms with Gasteiger partial charge in [-0.15, -0.1) is 0 Å². The van der Waals surface area contributed by atoms with Gasteiger partial charge in [-0.05, 0) is 12.5 Å². The van der Waals surface area contributed by atoms with Crippen LogP contribution < -0.4 is 10.6 Å². The molecule has 1 aromatic heterocycles. The number of pyridine rings is 1. The van der Waals surface area contributed by atoms with Crippen molar-refractivity contribution in [1.29, 1.82) is 0 Å². The Bertz CT molecular complexity index is 564. The molecule has 3 amide bonds. The molecule has 100 valence electrons. The van der Waals surface area contributed by atoms with Gasteiger partial charge in [-0.25, -0.2) is 9.37 Å². The van der Waals surface area contributed by atoms with Gasteiger partial charge in [0.15, 0.2) is 0 Å². The van der Waals surface area contributed by atoms with Crippen LogP contribution in [0.2, 0.25) is 5.15 Å². The predicted octanol–water partition coefficient (Wildman–Crippen LogP) is 0.409. The van der Waals surface area contributed by atoms with Crippen LogP contribution in [0.3, 0.4) is 0 Å². The molecule has 8 heteroatoms. The fourth-order valence-electron chi connectivity index (χ4n) is 1.65. The Morgan fingerprint density at radius 2 is 2.26 bits per heavy atom. The summed E-state index contributed by atoms with van der Waals surface area (Å²) in [6.07, 6.45) is 1.20. The molecule has 2 N–H and O–H groups in total. The van der Waals surface area contributed by atoms with E-state index in [1.807, 2.05) is 0 Å². The molecule has 2 rings (SSSR count). The summed E-state index contributed by atoms with van der Waals surface area (Å²) >= 11 is 5.68. The highest BCUT2D eigenvalue weighted by molar-refractivity contribution is 6.32. The van der Waals surface area contributed by atoms with Gasteiger partial charge in [-0.1, -0.05) is 11.6 Å². The van der Waals surface area contributed by atoms with E-state index in [0.29, 0.717) is 0 Å². The maximum absolute atomic E-state index is 13.0. The molecule has 2 heterocycles. The summed E-state index contributed by atoms with van der Waals surface area (Å²) in [5.74, 6) is -2.41. The number of nitrogens with one attached hydrogen (secondary N) is 2. The number of imide groups is 1. The number of carbonyl (C=O) groups excluding carboxylic acids is 3. The third kappa shape index (κ3) is 3.05. The van der Waals surface area contributed by atoms with Crippen LogP contribution in [0.4, 0.5) is 4.39 Å². The van der Waals surface area contributed by atoms with Crippen molar-refractivity contribution in [2.45, 2.75) is 18.9 Å². The molecule has 6 nitrogen and oxygen atoms in total. The van der Waals surface area contributed by atoms with Crippen molar-refractivity contribution in [2.24, 2.45) is 0 Å². The van der Waals surface area contributed by atoms with Crippen LogP contribution in [0.25, 0.3) is 0 Å². The maximum atomic E-state index is 13.0. The standard InChI is InChI=1S/C11H9ClFN3O3/c12-9-6(3-5(13)4-14-9)10(18)15-7-1-2-8(17)16-11(7)19/h3-4,7H,1-2H2,(H,15,18)(H,16,17,19). The number of hydrogen-bond donors (Lipinski definition) is 2. The highest BCUT2D eigenvalue weighted by atomic mass is 35.5. The molecule has 1 saturated heterocycles. The molecule has 1 fully saturated rings. The van der Waals surface area contributed by atoms with Gasteiger partial charge >= 0.3 is 0 Å². The summed E-state index contributed by atoms with van der Waals surface area (Å²) in [4.78, 5) is 37.7. The molecule has 1 atom stereocenters. The highest BCUT2D eigenvalue weighted by Gasteiger charge is 2.28. The number of piperidine rings is 1. The van der Waals surface area contributed by atoms with Crippen LogP contribution >= 0.6 is 11.6 Å². The number of carbonyl (C=O) groups is 3. The lowest BCUT2D eigenvalue weighted by Gasteiger charge is -2.21. The van der Waals surface area contributed by atoms with Gasteiger partial charge in [-0.3, -0.25) is 19.7 Å². The van der Waals surface area contributed by atoms with Crippen molar-refractivity contribution < 1.29 is 18.8 Å². The zero-order valence-electron chi connectivity index (χ0n) is 9.57. The largest absolute Gasteiger partial charge is 0.340 e. The van der Waals surface area contributed by atoms with Crippen molar-refractivity contribution in [3.8, 4) is 0 Å². The van der Waals surface area contributed by atoms with E-state index in [1.165, 1.54) is 0 Å². The lowest BCUT2D eigenvalue weighted by atomic mass is 10.1. The summed E-state index contributed by atoms with van der Waals surface area (Å²) in [5, 5.41) is 4.32. The SMILES string of the molecule is O=C1CCC(NC(=O)c2cc(F)cnc2Cl)C(=O)N1. The monoisotopic (exact) mass is 285 g/mol. The third-order valence-electron chi connectivity index (χ3n) is 2.59. The molecule has 0 saturated carbocycles. The Kier molecular flexibility index (Phi) is 3.75. The summed E-state index contributed by atoms with van der Waals surface area (Å²) in [6, 6.07) is 0.0841. The number of aromatic nitrogens is 1. The number of amides is 3. The molecule has 0 aliphatic carbocycles. The summed E-state index contributed by atoms with van der Waals surface area (Å²) in [7, 11) is 0. The molecule has 1 unspecified atom stereocenters. The van der Waals surface area contributed by atoms with E-state index < -0.39 is 23.7 Å². The second kappa shape index (κ2) is 5.31. The van der Waals surface area contributed by atoms with Gasteiger partial charge < -0.3 is 5.32 Å². The van der Waals surface area contributed by atoms with Crippen molar-refractivity contribution in [1.82, 2.24) is 15.6 Å². The lowest BCUT2D eigenvalue weighted by Crippen LogP contribution is -2.52. The highest BCUT2D eigenvalue weighted by Crippen LogP contribution is 2.14. The Morgan fingerprint density at radius 3 is 2.95 bits per heavy atom. The molecule has 1 aliphatic heterocycles. The van der Waals surface area contributed by atoms with Crippen molar-refractivity contribution in [3.05, 3.63) is 28.8 Å². The molecule has 0 bridgehead atoms. The number of rotatable bonds is 2. The molecule has 1 aromatic rings. The minimum atomic E-state index is -0.843. The molecule has 0 aromatic carbocycles. The smallest absolute Gasteiger partial charge is 0.255 e. The maximum Gasteiger partial charge on any atom is 0.255 e. The fourth-order valence-corrected chi connectivity index (χ4v) is 1.84. The van der Waals surface area contributed by atoms with E-state index in [-0.39, 0.29) is 29.5 Å². The normalized spacial score (nSPS) is 18.9. The fraction of sp³-hybridized carbons (Fsp3) is 0.273. The zero-order valence-corrected chi connectivity index (χ0v) is 10.3. The quantitative estimate of drug-likeness (QED) is 0.608. The van der Waals surface area contributed by atoms with E-state index in [2.05, 4.69) is 15.6 Å². The number of nitrogens with zero attached hydrogens (tertiary/aromatic N) is 1. The van der Waals surface area contributed by atoms with Crippen LogP contribution in [0, 0.1) is 5.82 Å². The molecule has 19 heavy (non-hydrogen) atoms. The lowest BCUT2D eigenvalue weighted by molar-refractivity contribution is -0.134. The number of hydrogen-bond acceptors (Lipinski definition) is 4. The first-order valence-electron chi connectivity index (χ1n) is 5.43. The van der Waals surface area contributed by atoms with Gasteiger partial charge in [0.05, 0.1) is 11.8 Å². The Hall–Kier alpha value is -2.02. The van der Waals surface area contributed by atoms with Gasteiger partial charge in [0.25, 0.3) is 5.91 Å². The predicted molar refractivity (Wildman–Crippen MR) is 62.8 cm³/mol. The average molecular weight is 286 g/mol. The van der Waals surface area contributed by atoms with Gasteiger partial charge in [0.2, 0.25) is 11.8 Å². The van der Waals surface area contributed by atoms with Crippen molar-refractivity contribution in [2.75, 3.05) is 0 Å². The minimum Gasteiger partial charge on any atom is -0.340 e. The molecule has 0 radical (unpaired) electrons. The molecular formula is C11H9ClFN3O3. The summed E-state index contributed by atoms with van der Waals surface area (Å²) < 4.78 is 13.0. The minimum absolute atomic E-state index is 0.131. The van der Waals surface area contributed by atoms with Gasteiger partial charge in [-0.2, -0.15) is 0 Å². The Balaban J connectivity index is 2.11. The van der Waals surface area contributed by atoms with Crippen molar-refractivity contribution >= 4 is 29.3 Å². The van der Waals surface area contributed by atoms with E-state index >= 15 is 0 Å². The molecular weight excluding hydrogens is 277 g/mol. The average Bonchev–Trinajstić information content (AvgIpc) is 2.35. The second-order valence-corrected chi connectivity index (χ2v) is 4.33. The van der Waals surface area contributed by atoms with Crippen LogP contribution in [-0.2, 0) is 9.59 Å². The van der Waals surface area contributed by atoms with Crippen molar-refractivity contribution in [3.63, 3.8) is 0 Å². The number of halogens is 2. The van der Waals surface area contributed by atoms with E-state index in [0.717, 1.165) is 12.3 Å². The van der Waals surface area contributed by atoms with Gasteiger partial charge in [0, 0.05) is 6.42 Å². The van der Waals surface area contributed by atoms with Crippen LogP contribution in [0.1, 0.15) is 23.2 Å². The Labute approximate surface area is 112 Å². The van der Waals surface area contributed by atoms with E-state index in [1.54, 1.807) is 0 Å². The first-order valence-corrected chi connectivity index (χ1v) is 5.81. The second-order valence-electron chi connectivity index (χ2n) is 3.97. The van der Waals surface area contributed by atoms with Crippen LogP contribution in [0.15, 0.2) is 12.3 Å². The van der Waals surface area contributed by atoms with E-state index in [9.17, 15) is 18.8 Å². The topological polar surface area (TPSA) is 88.2 Å². The van der Waals surface area contributed by atoms with E-state index in [4.69, 9.17) is 11.6 Å². The first kappa shape index (κ1) is 13.4. The third-order valence-corrected chi connectivity index (χ3v) is 2.90. The summed E-state index contributed by atoms with van der Waals surface area (Å²) in [5.41, 5.74) is -0.161. The van der Waals surface area contributed by atoms with Gasteiger partial charge in [0.1, 0.15) is 17.0 Å². The first-order chi connectivity index (χ1) is 8.97. The summed E-state index contributed by atoms with van der Waals surface area (Å²) in [6.45, 7) is 0. The zero-order chi connectivity index (χ0) is 14.0. The molecule has 1 aliphatic rings. The van der Waals surface area contributed by atoms with Crippen LogP contribution in [0.5, 0.6) is 0 Å². The molecule has 0 spiro atoms. The Morgan fingerprint density at radius 1 is 1.53 bits per heavy atom. The van der Waals surface area contributed by atoms with Crippen LogP contribution in [-0.4, -0.2) is 28.7 Å².